The van der Waals surface area contributed by atoms with Crippen LogP contribution in [0.2, 0.25) is 0 Å². The summed E-state index contributed by atoms with van der Waals surface area (Å²) in [6.07, 6.45) is 2.80. The Bertz CT molecular complexity index is 716. The molecule has 0 spiro atoms. The number of carbonyl (C=O) groups excluding carboxylic acids is 1. The van der Waals surface area contributed by atoms with Gasteiger partial charge in [-0.15, -0.1) is 0 Å². The van der Waals surface area contributed by atoms with E-state index >= 15 is 0 Å². The van der Waals surface area contributed by atoms with Crippen molar-refractivity contribution in [3.8, 4) is 0 Å². The highest BCUT2D eigenvalue weighted by atomic mass is 32.2. The first-order chi connectivity index (χ1) is 12.4. The molecule has 1 amide bonds. The van der Waals surface area contributed by atoms with Crippen molar-refractivity contribution in [1.29, 1.82) is 0 Å². The molecular formula is C18H27N3O3S2. The lowest BCUT2D eigenvalue weighted by molar-refractivity contribution is 0.0921. The average Bonchev–Trinajstić information content (AvgIpc) is 2.63. The number of rotatable bonds is 5. The Balaban J connectivity index is 1.54. The Labute approximate surface area is 160 Å². The van der Waals surface area contributed by atoms with Crippen LogP contribution in [0.1, 0.15) is 28.8 Å². The number of hydrogen-bond donors (Lipinski definition) is 1. The second-order valence-corrected chi connectivity index (χ2v) is 10.2. The third-order valence-corrected chi connectivity index (χ3v) is 7.13. The fraction of sp³-hybridized carbons (Fsp3) is 0.611. The lowest BCUT2D eigenvalue weighted by Crippen LogP contribution is -2.49. The van der Waals surface area contributed by atoms with Crippen LogP contribution in [0, 0.1) is 0 Å². The van der Waals surface area contributed by atoms with E-state index in [2.05, 4.69) is 10.2 Å². The monoisotopic (exact) mass is 397 g/mol. The molecule has 0 aromatic heterocycles. The SMILES string of the molecule is CS(=O)(=O)N1CCCC(NC(=O)c2ccc(CN3CCSCC3)cc2)C1. The van der Waals surface area contributed by atoms with Crippen LogP contribution in [0.4, 0.5) is 0 Å². The number of carbonyl (C=O) groups is 1. The first-order valence-corrected chi connectivity index (χ1v) is 12.1. The summed E-state index contributed by atoms with van der Waals surface area (Å²) >= 11 is 2.00. The summed E-state index contributed by atoms with van der Waals surface area (Å²) in [5.74, 6) is 2.24. The van der Waals surface area contributed by atoms with E-state index in [9.17, 15) is 13.2 Å². The third kappa shape index (κ3) is 5.45. The van der Waals surface area contributed by atoms with Crippen molar-refractivity contribution in [1.82, 2.24) is 14.5 Å². The molecule has 26 heavy (non-hydrogen) atoms. The minimum atomic E-state index is -3.20. The largest absolute Gasteiger partial charge is 0.348 e. The highest BCUT2D eigenvalue weighted by molar-refractivity contribution is 7.99. The molecule has 0 radical (unpaired) electrons. The zero-order valence-electron chi connectivity index (χ0n) is 15.2. The summed E-state index contributed by atoms with van der Waals surface area (Å²) in [5.41, 5.74) is 1.84. The smallest absolute Gasteiger partial charge is 0.251 e. The summed E-state index contributed by atoms with van der Waals surface area (Å²) in [7, 11) is -3.20. The number of sulfonamides is 1. The predicted molar refractivity (Wildman–Crippen MR) is 106 cm³/mol. The number of nitrogens with zero attached hydrogens (tertiary/aromatic N) is 2. The van der Waals surface area contributed by atoms with Crippen LogP contribution in [0.25, 0.3) is 0 Å². The number of nitrogens with one attached hydrogen (secondary N) is 1. The van der Waals surface area contributed by atoms with Crippen molar-refractivity contribution >= 4 is 27.7 Å². The van der Waals surface area contributed by atoms with E-state index in [0.29, 0.717) is 18.7 Å². The van der Waals surface area contributed by atoms with Gasteiger partial charge in [0.2, 0.25) is 10.0 Å². The van der Waals surface area contributed by atoms with E-state index < -0.39 is 10.0 Å². The zero-order valence-corrected chi connectivity index (χ0v) is 16.8. The molecule has 1 unspecified atom stereocenters. The van der Waals surface area contributed by atoms with E-state index in [1.54, 1.807) is 0 Å². The molecular weight excluding hydrogens is 370 g/mol. The molecule has 3 rings (SSSR count). The van der Waals surface area contributed by atoms with E-state index in [1.165, 1.54) is 27.6 Å². The van der Waals surface area contributed by atoms with E-state index in [0.717, 1.165) is 32.5 Å². The van der Waals surface area contributed by atoms with E-state index in [-0.39, 0.29) is 11.9 Å². The van der Waals surface area contributed by atoms with E-state index in [4.69, 9.17) is 0 Å². The number of thioether (sulfide) groups is 1. The van der Waals surface area contributed by atoms with Crippen molar-refractivity contribution in [3.05, 3.63) is 35.4 Å². The first-order valence-electron chi connectivity index (χ1n) is 9.07. The molecule has 2 fully saturated rings. The molecule has 2 aliphatic heterocycles. The number of benzene rings is 1. The van der Waals surface area contributed by atoms with Crippen molar-refractivity contribution in [3.63, 3.8) is 0 Å². The second-order valence-electron chi connectivity index (χ2n) is 7.02. The van der Waals surface area contributed by atoms with Gasteiger partial charge in [-0.1, -0.05) is 12.1 Å². The van der Waals surface area contributed by atoms with Crippen molar-refractivity contribution in [2.45, 2.75) is 25.4 Å². The Morgan fingerprint density at radius 1 is 1.19 bits per heavy atom. The van der Waals surface area contributed by atoms with Gasteiger partial charge in [0.05, 0.1) is 6.26 Å². The lowest BCUT2D eigenvalue weighted by atomic mass is 10.1. The Kier molecular flexibility index (Phi) is 6.60. The van der Waals surface area contributed by atoms with Crippen molar-refractivity contribution < 1.29 is 13.2 Å². The van der Waals surface area contributed by atoms with Crippen molar-refractivity contribution in [2.75, 3.05) is 43.9 Å². The number of piperidine rings is 1. The fourth-order valence-corrected chi connectivity index (χ4v) is 5.30. The summed E-state index contributed by atoms with van der Waals surface area (Å²) in [6.45, 7) is 4.05. The van der Waals surface area contributed by atoms with Crippen LogP contribution >= 0.6 is 11.8 Å². The minimum absolute atomic E-state index is 0.128. The molecule has 1 aromatic rings. The van der Waals surface area contributed by atoms with Crippen molar-refractivity contribution in [2.24, 2.45) is 0 Å². The fourth-order valence-electron chi connectivity index (χ4n) is 3.41. The third-order valence-electron chi connectivity index (χ3n) is 4.91. The zero-order chi connectivity index (χ0) is 18.6. The Hall–Kier alpha value is -1.09. The molecule has 144 valence electrons. The molecule has 2 aliphatic rings. The minimum Gasteiger partial charge on any atom is -0.348 e. The molecule has 0 saturated carbocycles. The Morgan fingerprint density at radius 3 is 2.54 bits per heavy atom. The van der Waals surface area contributed by atoms with Crippen LogP contribution in [0.5, 0.6) is 0 Å². The van der Waals surface area contributed by atoms with Gasteiger partial charge in [-0.2, -0.15) is 11.8 Å². The maximum atomic E-state index is 12.5. The van der Waals surface area contributed by atoms with Crippen LogP contribution < -0.4 is 5.32 Å². The molecule has 8 heteroatoms. The molecule has 1 atom stereocenters. The van der Waals surface area contributed by atoms with Gasteiger partial charge < -0.3 is 5.32 Å². The van der Waals surface area contributed by atoms with Gasteiger partial charge in [0.15, 0.2) is 0 Å². The van der Waals surface area contributed by atoms with Gasteiger partial charge in [-0.25, -0.2) is 12.7 Å². The van der Waals surface area contributed by atoms with Crippen LogP contribution in [0.15, 0.2) is 24.3 Å². The van der Waals surface area contributed by atoms with Gasteiger partial charge in [-0.05, 0) is 30.5 Å². The molecule has 1 N–H and O–H groups in total. The lowest BCUT2D eigenvalue weighted by Gasteiger charge is -2.31. The molecule has 2 saturated heterocycles. The first kappa shape index (κ1) is 19.7. The maximum Gasteiger partial charge on any atom is 0.251 e. The van der Waals surface area contributed by atoms with Gasteiger partial charge in [0.1, 0.15) is 0 Å². The topological polar surface area (TPSA) is 69.7 Å². The highest BCUT2D eigenvalue weighted by Crippen LogP contribution is 2.15. The normalized spacial score (nSPS) is 22.9. The van der Waals surface area contributed by atoms with Crippen LogP contribution in [-0.2, 0) is 16.6 Å². The second kappa shape index (κ2) is 8.73. The Morgan fingerprint density at radius 2 is 1.88 bits per heavy atom. The molecule has 2 heterocycles. The predicted octanol–water partition coefficient (Wildman–Crippen LogP) is 1.39. The van der Waals surface area contributed by atoms with Gasteiger partial charge in [-0.3, -0.25) is 9.69 Å². The van der Waals surface area contributed by atoms with Gasteiger partial charge in [0, 0.05) is 55.8 Å². The summed E-state index contributed by atoms with van der Waals surface area (Å²) in [6, 6.07) is 7.62. The highest BCUT2D eigenvalue weighted by Gasteiger charge is 2.27. The van der Waals surface area contributed by atoms with Crippen LogP contribution in [-0.4, -0.2) is 73.5 Å². The molecule has 6 nitrogen and oxygen atoms in total. The molecule has 0 bridgehead atoms. The van der Waals surface area contributed by atoms with Crippen LogP contribution in [0.3, 0.4) is 0 Å². The number of hydrogen-bond acceptors (Lipinski definition) is 5. The summed E-state index contributed by atoms with van der Waals surface area (Å²) in [4.78, 5) is 14.9. The number of amides is 1. The standard InChI is InChI=1S/C18H27N3O3S2/c1-26(23,24)21-8-2-3-17(14-21)19-18(22)16-6-4-15(5-7-16)13-20-9-11-25-12-10-20/h4-7,17H,2-3,8-14H2,1H3,(H,19,22). The van der Waals surface area contributed by atoms with Gasteiger partial charge >= 0.3 is 0 Å². The molecule has 0 aliphatic carbocycles. The summed E-state index contributed by atoms with van der Waals surface area (Å²) < 4.78 is 24.8. The maximum absolute atomic E-state index is 12.5. The summed E-state index contributed by atoms with van der Waals surface area (Å²) in [5, 5.41) is 2.98. The van der Waals surface area contributed by atoms with Gasteiger partial charge in [0.25, 0.3) is 5.91 Å². The average molecular weight is 398 g/mol. The quantitative estimate of drug-likeness (QED) is 0.813. The molecule has 1 aromatic carbocycles. The van der Waals surface area contributed by atoms with E-state index in [1.807, 2.05) is 36.0 Å².